The number of aliphatic hydroxyl groups is 1. The largest absolute Gasteiger partial charge is 0.374 e. The Hall–Kier alpha value is -3.39. The van der Waals surface area contributed by atoms with Gasteiger partial charge >= 0.3 is 0 Å². The first-order chi connectivity index (χ1) is 16.7. The summed E-state index contributed by atoms with van der Waals surface area (Å²) in [5.41, 5.74) is 4.60. The van der Waals surface area contributed by atoms with Gasteiger partial charge in [0, 0.05) is 30.2 Å². The Labute approximate surface area is 204 Å². The number of aromatic nitrogens is 5. The van der Waals surface area contributed by atoms with E-state index < -0.39 is 6.23 Å². The Morgan fingerprint density at radius 1 is 1.20 bits per heavy atom. The number of hydrogen-bond donors (Lipinski definition) is 4. The minimum Gasteiger partial charge on any atom is -0.374 e. The summed E-state index contributed by atoms with van der Waals surface area (Å²) in [5, 5.41) is 14.3. The second-order valence-corrected chi connectivity index (χ2v) is 10.9. The van der Waals surface area contributed by atoms with Gasteiger partial charge in [0.25, 0.3) is 5.56 Å². The second kappa shape index (κ2) is 9.00. The van der Waals surface area contributed by atoms with Crippen LogP contribution < -0.4 is 10.9 Å². The van der Waals surface area contributed by atoms with Gasteiger partial charge in [0.1, 0.15) is 17.6 Å². The lowest BCUT2D eigenvalue weighted by molar-refractivity contribution is 0.0698. The molecule has 0 amide bonds. The van der Waals surface area contributed by atoms with Gasteiger partial charge in [-0.3, -0.25) is 4.79 Å². The molecule has 0 aliphatic heterocycles. The lowest BCUT2D eigenvalue weighted by atomic mass is 9.69. The van der Waals surface area contributed by atoms with Gasteiger partial charge in [-0.05, 0) is 67.7 Å². The maximum Gasteiger partial charge on any atom is 0.261 e. The van der Waals surface area contributed by atoms with Gasteiger partial charge in [-0.25, -0.2) is 9.97 Å². The first-order valence-corrected chi connectivity index (χ1v) is 12.4. The van der Waals surface area contributed by atoms with Crippen molar-refractivity contribution in [2.24, 2.45) is 17.3 Å². The molecule has 4 aromatic rings. The SMILES string of the molecule is Cc1cc(-n2ccnc2)cc2[nH]c(-c3c(NC(O)C4CCC(C(C)(C)C)CC4)cc[nH]c3=O)nc12. The van der Waals surface area contributed by atoms with Gasteiger partial charge in [0.15, 0.2) is 0 Å². The fourth-order valence-electron chi connectivity index (χ4n) is 5.36. The zero-order valence-corrected chi connectivity index (χ0v) is 20.8. The lowest BCUT2D eigenvalue weighted by Crippen LogP contribution is -2.35. The highest BCUT2D eigenvalue weighted by Gasteiger charge is 2.32. The van der Waals surface area contributed by atoms with Crippen molar-refractivity contribution in [3.63, 3.8) is 0 Å². The molecule has 1 saturated carbocycles. The third-order valence-electron chi connectivity index (χ3n) is 7.51. The van der Waals surface area contributed by atoms with Gasteiger partial charge < -0.3 is 25.0 Å². The first kappa shape index (κ1) is 23.4. The highest BCUT2D eigenvalue weighted by molar-refractivity contribution is 5.86. The lowest BCUT2D eigenvalue weighted by Gasteiger charge is -2.38. The van der Waals surface area contributed by atoms with Crippen molar-refractivity contribution in [3.05, 3.63) is 59.0 Å². The van der Waals surface area contributed by atoms with Crippen molar-refractivity contribution in [1.29, 1.82) is 0 Å². The van der Waals surface area contributed by atoms with Crippen LogP contribution in [0, 0.1) is 24.2 Å². The first-order valence-electron chi connectivity index (χ1n) is 12.4. The standard InChI is InChI=1S/C27H34N6O2/c1-16-13-19(33-12-11-28-15-33)14-21-23(16)32-24(30-21)22-20(9-10-29-26(22)35)31-25(34)17-5-7-18(8-6-17)27(2,3)4/h9-15,17-18,25,34H,5-8H2,1-4H3,(H,30,32)(H2,29,31,35). The van der Waals surface area contributed by atoms with E-state index in [0.717, 1.165) is 48.0 Å². The van der Waals surface area contributed by atoms with Crippen LogP contribution in [0.1, 0.15) is 52.0 Å². The van der Waals surface area contributed by atoms with Crippen LogP contribution in [0.4, 0.5) is 5.69 Å². The van der Waals surface area contributed by atoms with Crippen molar-refractivity contribution in [3.8, 4) is 17.1 Å². The normalized spacial score (nSPS) is 19.7. The molecule has 1 fully saturated rings. The smallest absolute Gasteiger partial charge is 0.261 e. The molecule has 0 radical (unpaired) electrons. The van der Waals surface area contributed by atoms with Crippen molar-refractivity contribution < 1.29 is 5.11 Å². The molecule has 3 heterocycles. The number of rotatable bonds is 5. The van der Waals surface area contributed by atoms with Crippen molar-refractivity contribution in [2.75, 3.05) is 5.32 Å². The summed E-state index contributed by atoms with van der Waals surface area (Å²) < 4.78 is 1.93. The maximum absolute atomic E-state index is 12.9. The second-order valence-electron chi connectivity index (χ2n) is 10.9. The number of aromatic amines is 2. The Bertz CT molecular complexity index is 1370. The van der Waals surface area contributed by atoms with Crippen molar-refractivity contribution in [2.45, 2.75) is 59.6 Å². The number of aliphatic hydroxyl groups excluding tert-OH is 1. The van der Waals surface area contributed by atoms with Gasteiger partial charge in [-0.15, -0.1) is 0 Å². The summed E-state index contributed by atoms with van der Waals surface area (Å²) in [5.74, 6) is 1.29. The van der Waals surface area contributed by atoms with Gasteiger partial charge in [0.2, 0.25) is 0 Å². The molecule has 0 bridgehead atoms. The number of H-pyrrole nitrogens is 2. The fourth-order valence-corrected chi connectivity index (χ4v) is 5.36. The topological polar surface area (TPSA) is 112 Å². The van der Waals surface area contributed by atoms with Crippen LogP contribution >= 0.6 is 0 Å². The molecule has 35 heavy (non-hydrogen) atoms. The highest BCUT2D eigenvalue weighted by Crippen LogP contribution is 2.41. The summed E-state index contributed by atoms with van der Waals surface area (Å²) in [7, 11) is 0. The Kier molecular flexibility index (Phi) is 6.01. The molecule has 8 heteroatoms. The van der Waals surface area contributed by atoms with E-state index in [1.807, 2.05) is 29.8 Å². The molecular formula is C27H34N6O2. The average molecular weight is 475 g/mol. The molecular weight excluding hydrogens is 440 g/mol. The number of nitrogens with zero attached hydrogens (tertiary/aromatic N) is 3. The fraction of sp³-hybridized carbons (Fsp3) is 0.444. The molecule has 5 rings (SSSR count). The third-order valence-corrected chi connectivity index (χ3v) is 7.51. The molecule has 8 nitrogen and oxygen atoms in total. The molecule has 184 valence electrons. The molecule has 0 spiro atoms. The predicted molar refractivity (Wildman–Crippen MR) is 139 cm³/mol. The Morgan fingerprint density at radius 3 is 2.66 bits per heavy atom. The minimum absolute atomic E-state index is 0.149. The summed E-state index contributed by atoms with van der Waals surface area (Å²) in [6.45, 7) is 8.88. The summed E-state index contributed by atoms with van der Waals surface area (Å²) in [4.78, 5) is 27.9. The quantitative estimate of drug-likeness (QED) is 0.304. The summed E-state index contributed by atoms with van der Waals surface area (Å²) in [6.07, 6.45) is 10.4. The number of anilines is 1. The van der Waals surface area contributed by atoms with Crippen LogP contribution in [0.15, 0.2) is 47.9 Å². The average Bonchev–Trinajstić information content (AvgIpc) is 3.49. The van der Waals surface area contributed by atoms with Crippen LogP contribution in [0.25, 0.3) is 28.1 Å². The van der Waals surface area contributed by atoms with E-state index in [-0.39, 0.29) is 11.5 Å². The molecule has 1 aliphatic rings. The van der Waals surface area contributed by atoms with E-state index >= 15 is 0 Å². The molecule has 0 saturated heterocycles. The van der Waals surface area contributed by atoms with E-state index in [1.165, 1.54) is 0 Å². The zero-order chi connectivity index (χ0) is 24.7. The molecule has 1 atom stereocenters. The Balaban J connectivity index is 1.43. The van der Waals surface area contributed by atoms with Gasteiger partial charge in [-0.2, -0.15) is 0 Å². The highest BCUT2D eigenvalue weighted by atomic mass is 16.3. The van der Waals surface area contributed by atoms with Crippen LogP contribution in [-0.4, -0.2) is 35.8 Å². The number of benzene rings is 1. The molecule has 3 aromatic heterocycles. The van der Waals surface area contributed by atoms with E-state index in [2.05, 4.69) is 41.0 Å². The van der Waals surface area contributed by atoms with Gasteiger partial charge in [0.05, 0.1) is 23.0 Å². The number of pyridine rings is 1. The summed E-state index contributed by atoms with van der Waals surface area (Å²) >= 11 is 0. The number of imidazole rings is 2. The number of aryl methyl sites for hydroxylation is 1. The van der Waals surface area contributed by atoms with E-state index in [1.54, 1.807) is 24.8 Å². The van der Waals surface area contributed by atoms with Crippen LogP contribution in [0.5, 0.6) is 0 Å². The van der Waals surface area contributed by atoms with Crippen LogP contribution in [-0.2, 0) is 0 Å². The van der Waals surface area contributed by atoms with Crippen LogP contribution in [0.2, 0.25) is 0 Å². The number of fused-ring (bicyclic) bond motifs is 1. The monoisotopic (exact) mass is 474 g/mol. The predicted octanol–water partition coefficient (Wildman–Crippen LogP) is 5.00. The van der Waals surface area contributed by atoms with Crippen molar-refractivity contribution >= 4 is 16.7 Å². The Morgan fingerprint density at radius 2 is 1.97 bits per heavy atom. The van der Waals surface area contributed by atoms with E-state index in [4.69, 9.17) is 4.98 Å². The maximum atomic E-state index is 12.9. The molecule has 1 aromatic carbocycles. The van der Waals surface area contributed by atoms with Crippen LogP contribution in [0.3, 0.4) is 0 Å². The zero-order valence-electron chi connectivity index (χ0n) is 20.8. The van der Waals surface area contributed by atoms with Gasteiger partial charge in [-0.1, -0.05) is 20.8 Å². The van der Waals surface area contributed by atoms with Crippen molar-refractivity contribution in [1.82, 2.24) is 24.5 Å². The minimum atomic E-state index is -0.726. The van der Waals surface area contributed by atoms with E-state index in [9.17, 15) is 9.90 Å². The number of nitrogens with one attached hydrogen (secondary N) is 3. The van der Waals surface area contributed by atoms with E-state index in [0.29, 0.717) is 28.4 Å². The molecule has 4 N–H and O–H groups in total. The summed E-state index contributed by atoms with van der Waals surface area (Å²) in [6, 6.07) is 5.83. The molecule has 1 unspecified atom stereocenters. The molecule has 1 aliphatic carbocycles. The number of hydrogen-bond acceptors (Lipinski definition) is 5. The third kappa shape index (κ3) is 4.62.